The van der Waals surface area contributed by atoms with E-state index in [0.717, 1.165) is 0 Å². The van der Waals surface area contributed by atoms with Crippen LogP contribution in [0, 0.1) is 0 Å². The molecule has 18 nitrogen and oxygen atoms in total. The van der Waals surface area contributed by atoms with Crippen molar-refractivity contribution in [1.82, 2.24) is 0 Å². The average Bonchev–Trinajstić information content (AvgIpc) is 2.21. The van der Waals surface area contributed by atoms with E-state index >= 15 is 0 Å². The van der Waals surface area contributed by atoms with Crippen LogP contribution < -0.4 is 319 Å². The van der Waals surface area contributed by atoms with Crippen molar-refractivity contribution >= 4 is 12.9 Å². The molecule has 0 saturated carbocycles. The number of hydrogen-bond acceptors (Lipinski definition) is 15. The van der Waals surface area contributed by atoms with Gasteiger partial charge in [-0.25, -0.2) is 0 Å². The minimum absolute atomic E-state index is 0. The predicted molar refractivity (Wildman–Crippen MR) is 63.9 cm³/mol. The minimum atomic E-state index is -2.17. The summed E-state index contributed by atoms with van der Waals surface area (Å²) in [6, 6.07) is 0. The van der Waals surface area contributed by atoms with E-state index < -0.39 is 33.3 Å². The van der Waals surface area contributed by atoms with Gasteiger partial charge >= 0.3 is 308 Å². The van der Waals surface area contributed by atoms with Crippen LogP contribution in [0.3, 0.4) is 0 Å². The molecule has 0 unspecified atom stereocenters. The molecule has 30 heavy (non-hydrogen) atoms. The van der Waals surface area contributed by atoms with Crippen LogP contribution in [0.4, 0.5) is 0 Å². The van der Waals surface area contributed by atoms with Crippen molar-refractivity contribution in [2.45, 2.75) is 6.48 Å². The number of hydrogen-bond donors (Lipinski definition) is 9. The Balaban J connectivity index is -0.00000000421. The quantitative estimate of drug-likeness (QED) is 0.0689. The van der Waals surface area contributed by atoms with Gasteiger partial charge in [0.05, 0.1) is 0 Å². The molecule has 162 valence electrons. The van der Waals surface area contributed by atoms with Gasteiger partial charge in [0.25, 0.3) is 12.9 Å². The van der Waals surface area contributed by atoms with Gasteiger partial charge in [-0.15, -0.1) is 0 Å². The van der Waals surface area contributed by atoms with Gasteiger partial charge in [-0.3, -0.25) is 4.79 Å². The van der Waals surface area contributed by atoms with Crippen molar-refractivity contribution in [2.75, 3.05) is 20.4 Å². The molecular formula is C6H25K6O18+. The Kier molecular flexibility index (Phi) is 728. The van der Waals surface area contributed by atoms with Crippen molar-refractivity contribution in [2.24, 2.45) is 0 Å². The second-order valence-electron chi connectivity index (χ2n) is 0.960. The number of carbonyl (C=O) groups is 2. The van der Waals surface area contributed by atoms with Crippen LogP contribution in [0.5, 0.6) is 0 Å². The predicted octanol–water partition coefficient (Wildman–Crippen LogP) is -27.7. The largest absolute Gasteiger partial charge is 1.00 e. The third-order valence-electron chi connectivity index (χ3n) is 0. The molecule has 0 saturated heterocycles. The van der Waals surface area contributed by atoms with Crippen LogP contribution in [-0.2, 0) is 9.59 Å². The van der Waals surface area contributed by atoms with Gasteiger partial charge in [0, 0.05) is 6.47 Å². The van der Waals surface area contributed by atoms with Crippen molar-refractivity contribution < 1.29 is 401 Å². The number of carbonyl (C=O) groups excluding carboxylic acids is 1. The zero-order chi connectivity index (χ0) is 17.1. The van der Waals surface area contributed by atoms with Crippen molar-refractivity contribution in [3.05, 3.63) is 0 Å². The molecule has 0 heterocycles. The molecule has 0 aliphatic heterocycles. The summed E-state index contributed by atoms with van der Waals surface area (Å²) in [5, 5.41) is 80.6. The molecular weight excluding hydrogens is 595 g/mol. The fourth-order valence-corrected chi connectivity index (χ4v) is 0. The molecule has 0 fully saturated rings. The number of rotatable bonds is 0. The maximum atomic E-state index is 8.49. The van der Waals surface area contributed by atoms with Gasteiger partial charge in [0.2, 0.25) is 0 Å². The topological polar surface area (TPSA) is 415 Å². The smallest absolute Gasteiger partial charge is 0.870 e. The van der Waals surface area contributed by atoms with E-state index in [9.17, 15) is 0 Å². The Bertz CT molecular complexity index is 108. The molecule has 0 aromatic heterocycles. The van der Waals surface area contributed by atoms with Crippen molar-refractivity contribution in [1.29, 1.82) is 0 Å². The van der Waals surface area contributed by atoms with Gasteiger partial charge in [-0.05, 0) is 6.79 Å². The van der Waals surface area contributed by atoms with Gasteiger partial charge in [0.15, 0.2) is 0 Å². The second-order valence-corrected chi connectivity index (χ2v) is 0.960. The summed E-state index contributed by atoms with van der Waals surface area (Å²) >= 11 is 0. The number of aliphatic hydroxyl groups excluding tert-OH is 4. The molecule has 0 aromatic rings. The molecule has 0 aliphatic carbocycles. The Labute approximate surface area is 428 Å². The molecule has 0 radical (unpaired) electrons. The van der Waals surface area contributed by atoms with Gasteiger partial charge in [0.1, 0.15) is 13.6 Å². The molecule has 0 aliphatic rings. The number of carboxylic acid groups (broad SMARTS) is 2. The summed E-state index contributed by atoms with van der Waals surface area (Å²) in [5.74, 6) is 0. The van der Waals surface area contributed by atoms with E-state index in [0.29, 0.717) is 0 Å². The van der Waals surface area contributed by atoms with Gasteiger partial charge < -0.3 is 88.3 Å². The van der Waals surface area contributed by atoms with E-state index in [4.69, 9.17) is 65.8 Å². The summed E-state index contributed by atoms with van der Waals surface area (Å²) in [6.07, 6.45) is 0. The van der Waals surface area contributed by atoms with Crippen LogP contribution in [0.1, 0.15) is 0 Å². The average molecular weight is 620 g/mol. The molecule has 0 amide bonds. The van der Waals surface area contributed by atoms with Gasteiger partial charge in [-0.2, -0.15) is 0 Å². The van der Waals surface area contributed by atoms with E-state index in [2.05, 4.69) is 0 Å². The second kappa shape index (κ2) is 186. The van der Waals surface area contributed by atoms with Crippen LogP contribution in [0.25, 0.3) is 0 Å². The Morgan fingerprint density at radius 1 is 0.667 bits per heavy atom. The minimum Gasteiger partial charge on any atom is -0.870 e. The summed E-state index contributed by atoms with van der Waals surface area (Å²) in [6.45, 7) is -5.42. The molecule has 0 atom stereocenters. The van der Waals surface area contributed by atoms with Crippen molar-refractivity contribution in [3.8, 4) is 0 Å². The summed E-state index contributed by atoms with van der Waals surface area (Å²) in [7, 11) is 0. The molecule has 24 heteroatoms. The normalized spacial score (nSPS) is 3.80. The van der Waals surface area contributed by atoms with Crippen molar-refractivity contribution in [3.63, 3.8) is 0 Å². The first-order valence-corrected chi connectivity index (χ1v) is 3.61. The monoisotopic (exact) mass is 619 g/mol. The van der Waals surface area contributed by atoms with Crippen LogP contribution in [0.2, 0.25) is 0 Å². The first kappa shape index (κ1) is 118. The fraction of sp³-hybridized carbons (Fsp3) is 0.667. The van der Waals surface area contributed by atoms with Crippen LogP contribution >= 0.6 is 0 Å². The van der Waals surface area contributed by atoms with Gasteiger partial charge in [-0.1, -0.05) is 0 Å². The zero-order valence-electron chi connectivity index (χ0n) is 17.9. The van der Waals surface area contributed by atoms with E-state index in [1.165, 1.54) is 0 Å². The third kappa shape index (κ3) is 667. The standard InChI is InChI=1S/CH4O3.2CH4O2.CH3O2.2CH2O2.6K.5H2O/c2-1(3)4;5*2-1-3;;;;;;;;;;;/h1-4H;2*2-3H,1H2;2H,1H2;2*1H,(H,2,3);;;;;;;5*1H2/q;;;-1;;;6*+1;;;;;/p-4. The Hall–Kier alpha value is 8.20. The van der Waals surface area contributed by atoms with E-state index in [1.54, 1.807) is 0 Å². The molecule has 16 N–H and O–H groups in total. The Morgan fingerprint density at radius 3 is 0.667 bits per heavy atom. The molecule has 0 aromatic carbocycles. The summed E-state index contributed by atoms with van der Waals surface area (Å²) < 4.78 is 0. The SMILES string of the molecule is O.O.O=CO.O=C[O-].OC(O)O.OCO.OCO.[K+].[K+].[K+].[K+].[K+].[K+].[O-]CO.[OH-].[OH-].[OH-]. The number of aliphatic hydroxyl groups is 8. The Morgan fingerprint density at radius 2 is 0.667 bits per heavy atom. The van der Waals surface area contributed by atoms with Crippen LogP contribution in [0.15, 0.2) is 0 Å². The first-order chi connectivity index (χ1) is 8.80. The maximum Gasteiger partial charge on any atom is 1.00 e. The summed E-state index contributed by atoms with van der Waals surface area (Å²) in [5.41, 5.74) is 0. The van der Waals surface area contributed by atoms with E-state index in [1.807, 2.05) is 0 Å². The summed E-state index contributed by atoms with van der Waals surface area (Å²) in [4.78, 5) is 16.6. The molecule has 0 rings (SSSR count). The third-order valence-corrected chi connectivity index (χ3v) is 0. The van der Waals surface area contributed by atoms with E-state index in [-0.39, 0.29) is 342 Å². The fourth-order valence-electron chi connectivity index (χ4n) is 0. The van der Waals surface area contributed by atoms with Crippen LogP contribution in [-0.4, -0.2) is 113 Å². The zero-order valence-corrected chi connectivity index (χ0v) is 36.6. The molecule has 0 spiro atoms. The first-order valence-electron chi connectivity index (χ1n) is 3.61. The molecule has 0 bridgehead atoms. The maximum absolute atomic E-state index is 8.49.